The molecule has 0 radical (unpaired) electrons. The van der Waals surface area contributed by atoms with Crippen LogP contribution in [0, 0.1) is 20.8 Å². The molecule has 19 heavy (non-hydrogen) atoms. The maximum atomic E-state index is 5.91. The number of nitrogens with two attached hydrogens (primary N) is 1. The number of rotatable bonds is 4. The summed E-state index contributed by atoms with van der Waals surface area (Å²) in [6.07, 6.45) is 2.68. The van der Waals surface area contributed by atoms with Crippen molar-refractivity contribution in [2.75, 3.05) is 6.54 Å². The first-order chi connectivity index (χ1) is 9.10. The van der Waals surface area contributed by atoms with E-state index in [4.69, 9.17) is 10.5 Å². The second kappa shape index (κ2) is 5.85. The van der Waals surface area contributed by atoms with Crippen molar-refractivity contribution >= 4 is 0 Å². The molecule has 0 amide bonds. The lowest BCUT2D eigenvalue weighted by Crippen LogP contribution is -2.04. The summed E-state index contributed by atoms with van der Waals surface area (Å²) in [7, 11) is 0. The summed E-state index contributed by atoms with van der Waals surface area (Å²) >= 11 is 0. The fourth-order valence-electron chi connectivity index (χ4n) is 1.95. The number of hydrogen-bond donors (Lipinski definition) is 1. The number of aromatic nitrogens is 1. The van der Waals surface area contributed by atoms with E-state index in [1.807, 2.05) is 26.1 Å². The van der Waals surface area contributed by atoms with Gasteiger partial charge in [0.25, 0.3) is 0 Å². The third kappa shape index (κ3) is 3.32. The summed E-state index contributed by atoms with van der Waals surface area (Å²) in [5.41, 5.74) is 10.0. The molecule has 3 nitrogen and oxygen atoms in total. The van der Waals surface area contributed by atoms with Crippen LogP contribution >= 0.6 is 0 Å². The molecule has 100 valence electrons. The van der Waals surface area contributed by atoms with Crippen molar-refractivity contribution in [3.8, 4) is 11.6 Å². The fraction of sp³-hybridized carbons (Fsp3) is 0.312. The van der Waals surface area contributed by atoms with E-state index in [0.717, 1.165) is 28.9 Å². The van der Waals surface area contributed by atoms with Crippen molar-refractivity contribution in [1.82, 2.24) is 4.98 Å². The van der Waals surface area contributed by atoms with E-state index in [9.17, 15) is 0 Å². The molecule has 0 atom stereocenters. The van der Waals surface area contributed by atoms with Crippen molar-refractivity contribution in [2.45, 2.75) is 27.2 Å². The van der Waals surface area contributed by atoms with Crippen molar-refractivity contribution in [3.05, 3.63) is 52.7 Å². The zero-order valence-corrected chi connectivity index (χ0v) is 11.7. The maximum absolute atomic E-state index is 5.91. The highest BCUT2D eigenvalue weighted by Crippen LogP contribution is 2.27. The average Bonchev–Trinajstić information content (AvgIpc) is 2.37. The van der Waals surface area contributed by atoms with E-state index in [2.05, 4.69) is 30.1 Å². The lowest BCUT2D eigenvalue weighted by molar-refractivity contribution is 0.454. The Hall–Kier alpha value is -1.87. The van der Waals surface area contributed by atoms with Crippen LogP contribution in [0.2, 0.25) is 0 Å². The first-order valence-electron chi connectivity index (χ1n) is 6.51. The van der Waals surface area contributed by atoms with Crippen LogP contribution in [0.25, 0.3) is 0 Å². The smallest absolute Gasteiger partial charge is 0.222 e. The van der Waals surface area contributed by atoms with Crippen LogP contribution in [0.3, 0.4) is 0 Å². The molecule has 0 unspecified atom stereocenters. The number of pyridine rings is 1. The van der Waals surface area contributed by atoms with Crippen molar-refractivity contribution in [2.24, 2.45) is 5.73 Å². The zero-order chi connectivity index (χ0) is 13.8. The molecule has 2 N–H and O–H groups in total. The lowest BCUT2D eigenvalue weighted by atomic mass is 10.1. The summed E-state index contributed by atoms with van der Waals surface area (Å²) in [4.78, 5) is 4.39. The predicted molar refractivity (Wildman–Crippen MR) is 77.7 cm³/mol. The molecule has 1 aromatic carbocycles. The van der Waals surface area contributed by atoms with Gasteiger partial charge in [-0.2, -0.15) is 0 Å². The molecule has 3 heteroatoms. The molecule has 2 aromatic rings. The van der Waals surface area contributed by atoms with Gasteiger partial charge in [-0.25, -0.2) is 4.98 Å². The zero-order valence-electron chi connectivity index (χ0n) is 11.7. The van der Waals surface area contributed by atoms with E-state index >= 15 is 0 Å². The Bertz CT molecular complexity index is 579. The van der Waals surface area contributed by atoms with Gasteiger partial charge in [-0.3, -0.25) is 0 Å². The molecule has 2 rings (SSSR count). The minimum absolute atomic E-state index is 0.637. The number of benzene rings is 1. The molecule has 1 aromatic heterocycles. The molecule has 0 aliphatic heterocycles. The number of ether oxygens (including phenoxy) is 1. The standard InChI is InChI=1S/C16H20N2O/c1-11-4-5-12(2)15(8-11)19-16-13(3)9-14(6-7-17)10-18-16/h4-5,8-10H,6-7,17H2,1-3H3. The molecule has 0 fully saturated rings. The van der Waals surface area contributed by atoms with Gasteiger partial charge in [0.1, 0.15) is 5.75 Å². The monoisotopic (exact) mass is 256 g/mol. The molecule has 0 saturated heterocycles. The van der Waals surface area contributed by atoms with E-state index in [-0.39, 0.29) is 0 Å². The largest absolute Gasteiger partial charge is 0.438 e. The Morgan fingerprint density at radius 1 is 1.11 bits per heavy atom. The number of nitrogens with zero attached hydrogens (tertiary/aromatic N) is 1. The highest BCUT2D eigenvalue weighted by atomic mass is 16.5. The second-order valence-corrected chi connectivity index (χ2v) is 4.88. The molecular formula is C16H20N2O. The van der Waals surface area contributed by atoms with Gasteiger partial charge in [-0.15, -0.1) is 0 Å². The van der Waals surface area contributed by atoms with Gasteiger partial charge >= 0.3 is 0 Å². The summed E-state index contributed by atoms with van der Waals surface area (Å²) in [6.45, 7) is 6.73. The summed E-state index contributed by atoms with van der Waals surface area (Å²) < 4.78 is 5.91. The first-order valence-corrected chi connectivity index (χ1v) is 6.51. The summed E-state index contributed by atoms with van der Waals surface area (Å²) in [6, 6.07) is 8.25. The highest BCUT2D eigenvalue weighted by Gasteiger charge is 2.07. The van der Waals surface area contributed by atoms with E-state index in [0.29, 0.717) is 12.4 Å². The Balaban J connectivity index is 2.25. The van der Waals surface area contributed by atoms with Crippen molar-refractivity contribution in [1.29, 1.82) is 0 Å². The van der Waals surface area contributed by atoms with Crippen LogP contribution in [-0.2, 0) is 6.42 Å². The summed E-state index contributed by atoms with van der Waals surface area (Å²) in [5, 5.41) is 0. The van der Waals surface area contributed by atoms with E-state index < -0.39 is 0 Å². The van der Waals surface area contributed by atoms with E-state index in [1.165, 1.54) is 5.56 Å². The maximum Gasteiger partial charge on any atom is 0.222 e. The van der Waals surface area contributed by atoms with Gasteiger partial charge in [0.2, 0.25) is 5.88 Å². The third-order valence-corrected chi connectivity index (χ3v) is 3.07. The summed E-state index contributed by atoms with van der Waals surface area (Å²) in [5.74, 6) is 1.52. The number of hydrogen-bond acceptors (Lipinski definition) is 3. The molecule has 0 saturated carbocycles. The third-order valence-electron chi connectivity index (χ3n) is 3.07. The molecular weight excluding hydrogens is 236 g/mol. The van der Waals surface area contributed by atoms with Crippen LogP contribution in [0.5, 0.6) is 11.6 Å². The van der Waals surface area contributed by atoms with Crippen LogP contribution in [0.4, 0.5) is 0 Å². The molecule has 0 bridgehead atoms. The van der Waals surface area contributed by atoms with Crippen LogP contribution in [0.1, 0.15) is 22.3 Å². The van der Waals surface area contributed by atoms with Crippen molar-refractivity contribution < 1.29 is 4.74 Å². The topological polar surface area (TPSA) is 48.1 Å². The van der Waals surface area contributed by atoms with Gasteiger partial charge < -0.3 is 10.5 Å². The molecule has 0 aliphatic carbocycles. The highest BCUT2D eigenvalue weighted by molar-refractivity contribution is 5.40. The Kier molecular flexibility index (Phi) is 4.17. The molecule has 0 spiro atoms. The first kappa shape index (κ1) is 13.6. The van der Waals surface area contributed by atoms with Gasteiger partial charge in [0.15, 0.2) is 0 Å². The quantitative estimate of drug-likeness (QED) is 0.913. The van der Waals surface area contributed by atoms with Gasteiger partial charge in [-0.1, -0.05) is 12.1 Å². The molecule has 1 heterocycles. The minimum Gasteiger partial charge on any atom is -0.438 e. The van der Waals surface area contributed by atoms with Crippen LogP contribution in [0.15, 0.2) is 30.5 Å². The number of aryl methyl sites for hydroxylation is 3. The van der Waals surface area contributed by atoms with Crippen molar-refractivity contribution in [3.63, 3.8) is 0 Å². The lowest BCUT2D eigenvalue weighted by Gasteiger charge is -2.11. The minimum atomic E-state index is 0.637. The Morgan fingerprint density at radius 2 is 1.89 bits per heavy atom. The van der Waals surface area contributed by atoms with Crippen LogP contribution < -0.4 is 10.5 Å². The van der Waals surface area contributed by atoms with Gasteiger partial charge in [0, 0.05) is 11.8 Å². The Labute approximate surface area is 114 Å². The van der Waals surface area contributed by atoms with Gasteiger partial charge in [0.05, 0.1) is 0 Å². The SMILES string of the molecule is Cc1ccc(C)c(Oc2ncc(CCN)cc2C)c1. The fourth-order valence-corrected chi connectivity index (χ4v) is 1.95. The average molecular weight is 256 g/mol. The Morgan fingerprint density at radius 3 is 2.58 bits per heavy atom. The normalized spacial score (nSPS) is 10.5. The molecule has 0 aliphatic rings. The van der Waals surface area contributed by atoms with Crippen LogP contribution in [-0.4, -0.2) is 11.5 Å². The predicted octanol–water partition coefficient (Wildman–Crippen LogP) is 3.30. The van der Waals surface area contributed by atoms with Gasteiger partial charge in [-0.05, 0) is 62.6 Å². The van der Waals surface area contributed by atoms with E-state index in [1.54, 1.807) is 0 Å². The second-order valence-electron chi connectivity index (χ2n) is 4.88.